The number of hydrogen-bond acceptors (Lipinski definition) is 3. The quantitative estimate of drug-likeness (QED) is 0.871. The van der Waals surface area contributed by atoms with Crippen LogP contribution >= 0.6 is 0 Å². The molecule has 0 saturated carbocycles. The van der Waals surface area contributed by atoms with Crippen LogP contribution in [0.5, 0.6) is 0 Å². The predicted molar refractivity (Wildman–Crippen MR) is 58.0 cm³/mol. The molecule has 5 heteroatoms. The van der Waals surface area contributed by atoms with Crippen LogP contribution in [0.4, 0.5) is 4.39 Å². The molecule has 1 aromatic heterocycles. The van der Waals surface area contributed by atoms with E-state index in [1.165, 1.54) is 12.3 Å². The van der Waals surface area contributed by atoms with Gasteiger partial charge >= 0.3 is 5.97 Å². The summed E-state index contributed by atoms with van der Waals surface area (Å²) in [6.45, 7) is 0.879. The number of aromatic nitrogens is 1. The number of carboxylic acids is 1. The molecule has 0 bridgehead atoms. The zero-order chi connectivity index (χ0) is 12.3. The van der Waals surface area contributed by atoms with Crippen molar-refractivity contribution in [3.05, 3.63) is 29.8 Å². The molecule has 4 nitrogen and oxygen atoms in total. The first-order valence-electron chi connectivity index (χ1n) is 5.53. The summed E-state index contributed by atoms with van der Waals surface area (Å²) in [6.07, 6.45) is 3.85. The predicted octanol–water partition coefficient (Wildman–Crippen LogP) is 1.64. The Morgan fingerprint density at radius 1 is 1.47 bits per heavy atom. The van der Waals surface area contributed by atoms with Crippen molar-refractivity contribution in [3.8, 4) is 0 Å². The zero-order valence-electron chi connectivity index (χ0n) is 9.36. The highest BCUT2D eigenvalue weighted by atomic mass is 19.1. The maximum Gasteiger partial charge on any atom is 0.310 e. The third-order valence-electron chi connectivity index (χ3n) is 3.21. The van der Waals surface area contributed by atoms with Gasteiger partial charge in [0.15, 0.2) is 0 Å². The number of ether oxygens (including phenoxy) is 1. The monoisotopic (exact) mass is 239 g/mol. The van der Waals surface area contributed by atoms with E-state index in [1.54, 1.807) is 0 Å². The molecule has 1 N–H and O–H groups in total. The van der Waals surface area contributed by atoms with Gasteiger partial charge in [0.25, 0.3) is 0 Å². The van der Waals surface area contributed by atoms with Crippen molar-refractivity contribution in [1.82, 2.24) is 4.98 Å². The number of nitrogens with zero attached hydrogens (tertiary/aromatic N) is 1. The number of carboxylic acid groups (broad SMARTS) is 1. The van der Waals surface area contributed by atoms with Gasteiger partial charge in [0, 0.05) is 19.4 Å². The summed E-state index contributed by atoms with van der Waals surface area (Å²) in [7, 11) is 0. The van der Waals surface area contributed by atoms with E-state index in [9.17, 15) is 14.3 Å². The Kier molecular flexibility index (Phi) is 3.38. The van der Waals surface area contributed by atoms with E-state index in [1.807, 2.05) is 0 Å². The maximum atomic E-state index is 13.0. The Morgan fingerprint density at radius 2 is 2.18 bits per heavy atom. The first kappa shape index (κ1) is 12.0. The van der Waals surface area contributed by atoms with Gasteiger partial charge in [-0.2, -0.15) is 0 Å². The third kappa shape index (κ3) is 2.61. The van der Waals surface area contributed by atoms with Crippen LogP contribution in [0, 0.1) is 11.2 Å². The Morgan fingerprint density at radius 3 is 2.76 bits per heavy atom. The van der Waals surface area contributed by atoms with Crippen molar-refractivity contribution >= 4 is 5.97 Å². The molecule has 1 aliphatic heterocycles. The van der Waals surface area contributed by atoms with Gasteiger partial charge in [-0.05, 0) is 30.9 Å². The number of halogens is 1. The van der Waals surface area contributed by atoms with Crippen molar-refractivity contribution in [1.29, 1.82) is 0 Å². The van der Waals surface area contributed by atoms with Crippen molar-refractivity contribution in [2.75, 3.05) is 13.2 Å². The number of carbonyl (C=O) groups is 1. The van der Waals surface area contributed by atoms with Gasteiger partial charge in [-0.15, -0.1) is 0 Å². The Bertz CT molecular complexity index is 416. The Balaban J connectivity index is 2.20. The van der Waals surface area contributed by atoms with Gasteiger partial charge in [0.2, 0.25) is 0 Å². The molecule has 1 aliphatic rings. The minimum atomic E-state index is -0.843. The fraction of sp³-hybridized carbons (Fsp3) is 0.500. The highest BCUT2D eigenvalue weighted by Gasteiger charge is 2.40. The molecule has 0 radical (unpaired) electrons. The van der Waals surface area contributed by atoms with E-state index in [0.717, 1.165) is 6.20 Å². The first-order valence-corrected chi connectivity index (χ1v) is 5.53. The molecular weight excluding hydrogens is 225 g/mol. The molecule has 2 heterocycles. The van der Waals surface area contributed by atoms with E-state index in [-0.39, 0.29) is 0 Å². The summed E-state index contributed by atoms with van der Waals surface area (Å²) in [5, 5.41) is 9.35. The summed E-state index contributed by atoms with van der Waals surface area (Å²) in [4.78, 5) is 15.1. The molecule has 1 aromatic rings. The zero-order valence-corrected chi connectivity index (χ0v) is 9.36. The molecule has 0 atom stereocenters. The molecule has 2 rings (SSSR count). The van der Waals surface area contributed by atoms with Gasteiger partial charge < -0.3 is 9.84 Å². The van der Waals surface area contributed by atoms with Crippen LogP contribution in [-0.4, -0.2) is 29.3 Å². The van der Waals surface area contributed by atoms with E-state index < -0.39 is 17.2 Å². The lowest BCUT2D eigenvalue weighted by atomic mass is 9.75. The normalized spacial score (nSPS) is 18.9. The summed E-state index contributed by atoms with van der Waals surface area (Å²) < 4.78 is 18.2. The van der Waals surface area contributed by atoms with Crippen LogP contribution in [0.15, 0.2) is 18.5 Å². The van der Waals surface area contributed by atoms with Gasteiger partial charge in [-0.3, -0.25) is 9.78 Å². The highest BCUT2D eigenvalue weighted by molar-refractivity contribution is 5.75. The first-order chi connectivity index (χ1) is 8.12. The molecule has 0 amide bonds. The molecule has 0 aliphatic carbocycles. The number of hydrogen-bond donors (Lipinski definition) is 1. The van der Waals surface area contributed by atoms with Gasteiger partial charge in [-0.25, -0.2) is 4.39 Å². The summed E-state index contributed by atoms with van der Waals surface area (Å²) in [5.74, 6) is -1.28. The van der Waals surface area contributed by atoms with Crippen molar-refractivity contribution in [2.45, 2.75) is 19.3 Å². The Hall–Kier alpha value is -1.49. The summed E-state index contributed by atoms with van der Waals surface area (Å²) >= 11 is 0. The number of rotatable bonds is 3. The average molecular weight is 239 g/mol. The van der Waals surface area contributed by atoms with E-state index >= 15 is 0 Å². The van der Waals surface area contributed by atoms with E-state index in [0.29, 0.717) is 38.0 Å². The topological polar surface area (TPSA) is 59.4 Å². The summed E-state index contributed by atoms with van der Waals surface area (Å²) in [6, 6.07) is 1.34. The lowest BCUT2D eigenvalue weighted by Crippen LogP contribution is -2.39. The lowest BCUT2D eigenvalue weighted by Gasteiger charge is -2.33. The fourth-order valence-electron chi connectivity index (χ4n) is 2.17. The lowest BCUT2D eigenvalue weighted by molar-refractivity contribution is -0.154. The van der Waals surface area contributed by atoms with E-state index in [2.05, 4.69) is 4.98 Å². The van der Waals surface area contributed by atoms with Crippen molar-refractivity contribution in [3.63, 3.8) is 0 Å². The second-order valence-electron chi connectivity index (χ2n) is 4.39. The molecule has 0 aromatic carbocycles. The molecule has 92 valence electrons. The summed E-state index contributed by atoms with van der Waals surface area (Å²) in [5.41, 5.74) is -0.220. The Labute approximate surface area is 98.4 Å². The van der Waals surface area contributed by atoms with Crippen LogP contribution in [0.3, 0.4) is 0 Å². The van der Waals surface area contributed by atoms with Crippen LogP contribution in [0.1, 0.15) is 18.4 Å². The molecule has 0 spiro atoms. The second-order valence-corrected chi connectivity index (χ2v) is 4.39. The minimum absolute atomic E-state index is 0.302. The van der Waals surface area contributed by atoms with Gasteiger partial charge in [0.1, 0.15) is 5.82 Å². The fourth-order valence-corrected chi connectivity index (χ4v) is 2.17. The minimum Gasteiger partial charge on any atom is -0.481 e. The van der Waals surface area contributed by atoms with Gasteiger partial charge in [0.05, 0.1) is 11.6 Å². The van der Waals surface area contributed by atoms with Crippen LogP contribution in [0.2, 0.25) is 0 Å². The number of pyridine rings is 1. The molecular formula is C12H14FNO3. The standard InChI is InChI=1S/C12H14FNO3/c13-10-5-9(7-14-8-10)6-12(11(15)16)1-3-17-4-2-12/h5,7-8H,1-4,6H2,(H,15,16). The van der Waals surface area contributed by atoms with Crippen LogP contribution in [0.25, 0.3) is 0 Å². The van der Waals surface area contributed by atoms with Crippen LogP contribution < -0.4 is 0 Å². The van der Waals surface area contributed by atoms with Crippen molar-refractivity contribution < 1.29 is 19.0 Å². The van der Waals surface area contributed by atoms with Gasteiger partial charge in [-0.1, -0.05) is 0 Å². The molecule has 17 heavy (non-hydrogen) atoms. The molecule has 1 saturated heterocycles. The largest absolute Gasteiger partial charge is 0.481 e. The molecule has 1 fully saturated rings. The second kappa shape index (κ2) is 4.79. The highest BCUT2D eigenvalue weighted by Crippen LogP contribution is 2.34. The number of aliphatic carboxylic acids is 1. The van der Waals surface area contributed by atoms with E-state index in [4.69, 9.17) is 4.74 Å². The average Bonchev–Trinajstić information content (AvgIpc) is 2.30. The maximum absolute atomic E-state index is 13.0. The van der Waals surface area contributed by atoms with Crippen LogP contribution in [-0.2, 0) is 16.0 Å². The van der Waals surface area contributed by atoms with Crippen molar-refractivity contribution in [2.24, 2.45) is 5.41 Å². The SMILES string of the molecule is O=C(O)C1(Cc2cncc(F)c2)CCOCC1. The molecule has 0 unspecified atom stereocenters. The smallest absolute Gasteiger partial charge is 0.310 e. The third-order valence-corrected chi connectivity index (χ3v) is 3.21.